The molecule has 1 aliphatic heterocycles. The Balaban J connectivity index is 2.31. The number of carbonyl (C=O) groups is 1. The van der Waals surface area contributed by atoms with E-state index in [1.54, 1.807) is 0 Å². The van der Waals surface area contributed by atoms with Gasteiger partial charge in [0, 0.05) is 24.4 Å². The maximum Gasteiger partial charge on any atom is 0.222 e. The van der Waals surface area contributed by atoms with E-state index in [2.05, 4.69) is 15.9 Å². The molecule has 6 nitrogen and oxygen atoms in total. The van der Waals surface area contributed by atoms with Crippen molar-refractivity contribution in [3.8, 4) is 12.3 Å². The second-order valence-electron chi connectivity index (χ2n) is 4.16. The average molecular weight is 250 g/mol. The molecule has 1 saturated heterocycles. The highest BCUT2D eigenvalue weighted by Crippen LogP contribution is 2.19. The predicted molar refractivity (Wildman–Crippen MR) is 67.6 cm³/mol. The van der Waals surface area contributed by atoms with Crippen molar-refractivity contribution in [2.75, 3.05) is 26.3 Å². The van der Waals surface area contributed by atoms with E-state index >= 15 is 0 Å². The molecule has 0 aromatic heterocycles. The molecule has 18 heavy (non-hydrogen) atoms. The zero-order valence-corrected chi connectivity index (χ0v) is 10.4. The molecule has 0 aliphatic carbocycles. The fraction of sp³-hybridized carbons (Fsp3) is 0.750. The largest absolute Gasteiger partial charge is 0.367 e. The van der Waals surface area contributed by atoms with Crippen LogP contribution in [0, 0.1) is 12.3 Å². The van der Waals surface area contributed by atoms with Crippen LogP contribution in [0.25, 0.3) is 10.4 Å². The van der Waals surface area contributed by atoms with E-state index in [9.17, 15) is 4.79 Å². The third kappa shape index (κ3) is 4.66. The SMILES string of the molecule is C#CCOCC1CCCN1C(=O)CCCN=[N+]=[N-]. The van der Waals surface area contributed by atoms with Gasteiger partial charge >= 0.3 is 0 Å². The average Bonchev–Trinajstić information content (AvgIpc) is 2.83. The van der Waals surface area contributed by atoms with Crippen LogP contribution in [0.3, 0.4) is 0 Å². The van der Waals surface area contributed by atoms with Gasteiger partial charge in [0.25, 0.3) is 0 Å². The van der Waals surface area contributed by atoms with Gasteiger partial charge in [0.05, 0.1) is 12.6 Å². The van der Waals surface area contributed by atoms with Gasteiger partial charge in [0.1, 0.15) is 6.61 Å². The normalized spacial score (nSPS) is 18.2. The van der Waals surface area contributed by atoms with Gasteiger partial charge in [0.15, 0.2) is 0 Å². The lowest BCUT2D eigenvalue weighted by Gasteiger charge is -2.24. The minimum atomic E-state index is 0.106. The van der Waals surface area contributed by atoms with Gasteiger partial charge in [0.2, 0.25) is 5.91 Å². The lowest BCUT2D eigenvalue weighted by molar-refractivity contribution is -0.133. The number of ether oxygens (including phenoxy) is 1. The molecule has 0 aromatic carbocycles. The number of carbonyl (C=O) groups excluding carboxylic acids is 1. The van der Waals surface area contributed by atoms with Crippen molar-refractivity contribution in [1.82, 2.24) is 4.90 Å². The third-order valence-electron chi connectivity index (χ3n) is 2.91. The first-order valence-corrected chi connectivity index (χ1v) is 6.11. The summed E-state index contributed by atoms with van der Waals surface area (Å²) in [6.45, 7) is 1.94. The number of terminal acetylenes is 1. The molecule has 6 heteroatoms. The van der Waals surface area contributed by atoms with Gasteiger partial charge in [-0.25, -0.2) is 0 Å². The maximum absolute atomic E-state index is 11.9. The van der Waals surface area contributed by atoms with Crippen molar-refractivity contribution >= 4 is 5.91 Å². The van der Waals surface area contributed by atoms with Crippen molar-refractivity contribution < 1.29 is 9.53 Å². The summed E-state index contributed by atoms with van der Waals surface area (Å²) < 4.78 is 5.29. The second kappa shape index (κ2) is 8.40. The van der Waals surface area contributed by atoms with Gasteiger partial charge in [-0.1, -0.05) is 11.0 Å². The summed E-state index contributed by atoms with van der Waals surface area (Å²) in [5.74, 6) is 2.52. The smallest absolute Gasteiger partial charge is 0.222 e. The van der Waals surface area contributed by atoms with Crippen molar-refractivity contribution in [3.05, 3.63) is 10.4 Å². The molecule has 1 rings (SSSR count). The first-order chi connectivity index (χ1) is 8.79. The molecule has 0 spiro atoms. The van der Waals surface area contributed by atoms with E-state index in [0.717, 1.165) is 19.4 Å². The Morgan fingerprint density at radius 1 is 1.67 bits per heavy atom. The Kier molecular flexibility index (Phi) is 6.70. The lowest BCUT2D eigenvalue weighted by Crippen LogP contribution is -2.38. The van der Waals surface area contributed by atoms with Crippen LogP contribution >= 0.6 is 0 Å². The number of rotatable bonds is 7. The summed E-state index contributed by atoms with van der Waals surface area (Å²) in [5, 5.41) is 3.41. The zero-order valence-electron chi connectivity index (χ0n) is 10.4. The van der Waals surface area contributed by atoms with Crippen LogP contribution in [-0.4, -0.2) is 43.2 Å². The molecule has 1 aliphatic rings. The standard InChI is InChI=1S/C12H18N4O2/c1-2-9-18-10-11-5-4-8-16(11)12(17)6-3-7-14-15-13/h1,11H,3-10H2. The Morgan fingerprint density at radius 2 is 2.50 bits per heavy atom. The fourth-order valence-electron chi connectivity index (χ4n) is 2.08. The van der Waals surface area contributed by atoms with Crippen LogP contribution in [0.5, 0.6) is 0 Å². The third-order valence-corrected chi connectivity index (χ3v) is 2.91. The molecular formula is C12H18N4O2. The fourth-order valence-corrected chi connectivity index (χ4v) is 2.08. The Labute approximate surface area is 107 Å². The summed E-state index contributed by atoms with van der Waals surface area (Å²) >= 11 is 0. The van der Waals surface area contributed by atoms with Gasteiger partial charge in [-0.15, -0.1) is 6.42 Å². The lowest BCUT2D eigenvalue weighted by atomic mass is 10.2. The highest BCUT2D eigenvalue weighted by atomic mass is 16.5. The molecule has 0 N–H and O–H groups in total. The van der Waals surface area contributed by atoms with Crippen LogP contribution in [0.15, 0.2) is 5.11 Å². The highest BCUT2D eigenvalue weighted by Gasteiger charge is 2.28. The number of hydrogen-bond acceptors (Lipinski definition) is 3. The molecule has 0 aromatic rings. The molecule has 1 atom stereocenters. The van der Waals surface area contributed by atoms with Crippen LogP contribution < -0.4 is 0 Å². The van der Waals surface area contributed by atoms with Gasteiger partial charge in [-0.2, -0.15) is 0 Å². The van der Waals surface area contributed by atoms with Crippen LogP contribution in [0.1, 0.15) is 25.7 Å². The van der Waals surface area contributed by atoms with Gasteiger partial charge in [-0.3, -0.25) is 4.79 Å². The Bertz CT molecular complexity index is 358. The van der Waals surface area contributed by atoms with Crippen molar-refractivity contribution in [2.24, 2.45) is 5.11 Å². The van der Waals surface area contributed by atoms with Crippen LogP contribution in [-0.2, 0) is 9.53 Å². The number of amides is 1. The van der Waals surface area contributed by atoms with Crippen LogP contribution in [0.2, 0.25) is 0 Å². The molecule has 1 fully saturated rings. The van der Waals surface area contributed by atoms with Crippen molar-refractivity contribution in [2.45, 2.75) is 31.7 Å². The van der Waals surface area contributed by atoms with E-state index in [1.807, 2.05) is 4.90 Å². The number of hydrogen-bond donors (Lipinski definition) is 0. The molecule has 0 saturated carbocycles. The second-order valence-corrected chi connectivity index (χ2v) is 4.16. The van der Waals surface area contributed by atoms with Gasteiger partial charge < -0.3 is 9.64 Å². The van der Waals surface area contributed by atoms with Crippen molar-refractivity contribution in [3.63, 3.8) is 0 Å². The number of likely N-dealkylation sites (tertiary alicyclic amines) is 1. The monoisotopic (exact) mass is 250 g/mol. The summed E-state index contributed by atoms with van der Waals surface area (Å²) in [7, 11) is 0. The molecular weight excluding hydrogens is 232 g/mol. The summed E-state index contributed by atoms with van der Waals surface area (Å²) in [4.78, 5) is 16.5. The topological polar surface area (TPSA) is 78.3 Å². The van der Waals surface area contributed by atoms with E-state index in [0.29, 0.717) is 26.0 Å². The minimum Gasteiger partial charge on any atom is -0.367 e. The Morgan fingerprint density at radius 3 is 3.22 bits per heavy atom. The predicted octanol–water partition coefficient (Wildman–Crippen LogP) is 1.72. The van der Waals surface area contributed by atoms with E-state index in [-0.39, 0.29) is 18.6 Å². The van der Waals surface area contributed by atoms with E-state index in [4.69, 9.17) is 16.7 Å². The molecule has 1 amide bonds. The first kappa shape index (κ1) is 14.4. The number of nitrogens with zero attached hydrogens (tertiary/aromatic N) is 4. The highest BCUT2D eigenvalue weighted by molar-refractivity contribution is 5.76. The van der Waals surface area contributed by atoms with Crippen LogP contribution in [0.4, 0.5) is 0 Å². The van der Waals surface area contributed by atoms with Crippen molar-refractivity contribution in [1.29, 1.82) is 0 Å². The molecule has 1 heterocycles. The first-order valence-electron chi connectivity index (χ1n) is 6.11. The summed E-state index contributed by atoms with van der Waals surface area (Å²) in [5.41, 5.74) is 8.14. The summed E-state index contributed by atoms with van der Waals surface area (Å²) in [6.07, 6.45) is 8.09. The molecule has 0 bridgehead atoms. The minimum absolute atomic E-state index is 0.106. The summed E-state index contributed by atoms with van der Waals surface area (Å²) in [6, 6.07) is 0.144. The maximum atomic E-state index is 11.9. The quantitative estimate of drug-likeness (QED) is 0.227. The zero-order chi connectivity index (χ0) is 13.2. The van der Waals surface area contributed by atoms with E-state index in [1.165, 1.54) is 0 Å². The molecule has 0 radical (unpaired) electrons. The van der Waals surface area contributed by atoms with Gasteiger partial charge in [-0.05, 0) is 24.8 Å². The number of azide groups is 1. The Hall–Kier alpha value is -1.70. The molecule has 1 unspecified atom stereocenters. The molecule has 98 valence electrons. The van der Waals surface area contributed by atoms with E-state index < -0.39 is 0 Å².